The van der Waals surface area contributed by atoms with Crippen LogP contribution in [0.4, 0.5) is 0 Å². The number of hydrogen-bond acceptors (Lipinski definition) is 1. The Morgan fingerprint density at radius 1 is 1.33 bits per heavy atom. The van der Waals surface area contributed by atoms with Gasteiger partial charge >= 0.3 is 0 Å². The molecule has 0 bridgehead atoms. The van der Waals surface area contributed by atoms with Crippen LogP contribution >= 0.6 is 11.6 Å². The van der Waals surface area contributed by atoms with Crippen molar-refractivity contribution < 1.29 is 4.21 Å². The molecule has 1 unspecified atom stereocenters. The zero-order valence-electron chi connectivity index (χ0n) is 8.23. The summed E-state index contributed by atoms with van der Waals surface area (Å²) in [5, 5.41) is 0. The van der Waals surface area contributed by atoms with Gasteiger partial charge in [0.25, 0.3) is 0 Å². The molecular weight excluding hydrogens is 192 g/mol. The van der Waals surface area contributed by atoms with Gasteiger partial charge in [-0.2, -0.15) is 0 Å². The van der Waals surface area contributed by atoms with Crippen LogP contribution < -0.4 is 0 Å². The number of rotatable bonds is 6. The predicted molar refractivity (Wildman–Crippen MR) is 57.3 cm³/mol. The molecule has 0 saturated carbocycles. The Morgan fingerprint density at radius 3 is 2.08 bits per heavy atom. The molecule has 0 aromatic carbocycles. The van der Waals surface area contributed by atoms with Crippen molar-refractivity contribution in [3.63, 3.8) is 0 Å². The number of hydrogen-bond donors (Lipinski definition) is 0. The minimum absolute atomic E-state index is 0.229. The van der Waals surface area contributed by atoms with Crippen LogP contribution in [0.3, 0.4) is 0 Å². The molecule has 0 aromatic heterocycles. The van der Waals surface area contributed by atoms with E-state index in [0.717, 1.165) is 25.0 Å². The van der Waals surface area contributed by atoms with Crippen LogP contribution in [0.25, 0.3) is 0 Å². The van der Waals surface area contributed by atoms with Gasteiger partial charge in [-0.15, -0.1) is 11.6 Å². The first kappa shape index (κ1) is 12.4. The zero-order chi connectivity index (χ0) is 9.61. The van der Waals surface area contributed by atoms with Crippen molar-refractivity contribution in [1.29, 1.82) is 0 Å². The van der Waals surface area contributed by atoms with E-state index in [1.807, 2.05) is 0 Å². The SMILES string of the molecule is CCC(CC)(CCl)CCS(C)=O. The van der Waals surface area contributed by atoms with E-state index < -0.39 is 10.8 Å². The Labute approximate surface area is 83.3 Å². The van der Waals surface area contributed by atoms with Crippen molar-refractivity contribution in [2.24, 2.45) is 5.41 Å². The molecular formula is C9H19ClOS. The lowest BCUT2D eigenvalue weighted by molar-refractivity contribution is 0.294. The van der Waals surface area contributed by atoms with Crippen LogP contribution in [0.5, 0.6) is 0 Å². The molecule has 1 nitrogen and oxygen atoms in total. The van der Waals surface area contributed by atoms with Gasteiger partial charge in [0.15, 0.2) is 0 Å². The molecule has 0 N–H and O–H groups in total. The fourth-order valence-corrected chi connectivity index (χ4v) is 2.45. The molecule has 0 heterocycles. The van der Waals surface area contributed by atoms with E-state index in [9.17, 15) is 4.21 Å². The standard InChI is InChI=1S/C9H19ClOS/c1-4-9(5-2,8-10)6-7-12(3)11/h4-8H2,1-3H3. The second-order valence-electron chi connectivity index (χ2n) is 3.37. The summed E-state index contributed by atoms with van der Waals surface area (Å²) in [5.41, 5.74) is 0.229. The lowest BCUT2D eigenvalue weighted by atomic mass is 9.82. The molecule has 0 aromatic rings. The average molecular weight is 211 g/mol. The maximum atomic E-state index is 10.9. The molecule has 0 aliphatic carbocycles. The maximum Gasteiger partial charge on any atom is 0.0280 e. The second kappa shape index (κ2) is 5.98. The highest BCUT2D eigenvalue weighted by Gasteiger charge is 2.24. The van der Waals surface area contributed by atoms with Crippen LogP contribution in [0.2, 0.25) is 0 Å². The minimum Gasteiger partial charge on any atom is -0.260 e. The Morgan fingerprint density at radius 2 is 1.83 bits per heavy atom. The average Bonchev–Trinajstić information content (AvgIpc) is 2.08. The highest BCUT2D eigenvalue weighted by molar-refractivity contribution is 7.84. The topological polar surface area (TPSA) is 17.1 Å². The van der Waals surface area contributed by atoms with Crippen LogP contribution in [-0.4, -0.2) is 22.1 Å². The molecule has 12 heavy (non-hydrogen) atoms. The summed E-state index contributed by atoms with van der Waals surface area (Å²) in [4.78, 5) is 0. The van der Waals surface area contributed by atoms with Gasteiger partial charge in [0, 0.05) is 28.7 Å². The van der Waals surface area contributed by atoms with Gasteiger partial charge in [0.05, 0.1) is 0 Å². The Balaban J connectivity index is 4.01. The summed E-state index contributed by atoms with van der Waals surface area (Å²) in [6.07, 6.45) is 4.92. The van der Waals surface area contributed by atoms with Crippen molar-refractivity contribution in [2.75, 3.05) is 17.9 Å². The van der Waals surface area contributed by atoms with Crippen molar-refractivity contribution in [1.82, 2.24) is 0 Å². The highest BCUT2D eigenvalue weighted by atomic mass is 35.5. The van der Waals surface area contributed by atoms with Crippen molar-refractivity contribution in [2.45, 2.75) is 33.1 Å². The zero-order valence-corrected chi connectivity index (χ0v) is 9.80. The predicted octanol–water partition coefficient (Wildman–Crippen LogP) is 2.80. The van der Waals surface area contributed by atoms with Gasteiger partial charge in [-0.05, 0) is 24.7 Å². The highest BCUT2D eigenvalue weighted by Crippen LogP contribution is 2.31. The van der Waals surface area contributed by atoms with Gasteiger partial charge in [0.2, 0.25) is 0 Å². The molecule has 0 fully saturated rings. The minimum atomic E-state index is -0.676. The summed E-state index contributed by atoms with van der Waals surface area (Å²) >= 11 is 5.91. The van der Waals surface area contributed by atoms with Gasteiger partial charge in [-0.25, -0.2) is 0 Å². The Hall–Kier alpha value is 0.440. The van der Waals surface area contributed by atoms with E-state index >= 15 is 0 Å². The smallest absolute Gasteiger partial charge is 0.0280 e. The third-order valence-corrected chi connectivity index (χ3v) is 4.05. The quantitative estimate of drug-likeness (QED) is 0.617. The maximum absolute atomic E-state index is 10.9. The van der Waals surface area contributed by atoms with E-state index in [2.05, 4.69) is 13.8 Å². The van der Waals surface area contributed by atoms with E-state index in [0.29, 0.717) is 5.88 Å². The van der Waals surface area contributed by atoms with Crippen molar-refractivity contribution in [3.8, 4) is 0 Å². The molecule has 0 saturated heterocycles. The van der Waals surface area contributed by atoms with Crippen LogP contribution in [0.15, 0.2) is 0 Å². The van der Waals surface area contributed by atoms with Gasteiger partial charge in [0.1, 0.15) is 0 Å². The Bertz CT molecular complexity index is 135. The molecule has 3 heteroatoms. The monoisotopic (exact) mass is 210 g/mol. The van der Waals surface area contributed by atoms with Crippen LogP contribution in [0, 0.1) is 5.41 Å². The molecule has 0 spiro atoms. The van der Waals surface area contributed by atoms with E-state index in [1.165, 1.54) is 0 Å². The Kier molecular flexibility index (Phi) is 6.20. The van der Waals surface area contributed by atoms with Crippen LogP contribution in [0.1, 0.15) is 33.1 Å². The van der Waals surface area contributed by atoms with Gasteiger partial charge < -0.3 is 0 Å². The largest absolute Gasteiger partial charge is 0.260 e. The third-order valence-electron chi connectivity index (χ3n) is 2.70. The van der Waals surface area contributed by atoms with Crippen LogP contribution in [-0.2, 0) is 10.8 Å². The summed E-state index contributed by atoms with van der Waals surface area (Å²) in [7, 11) is -0.676. The van der Waals surface area contributed by atoms with Crippen molar-refractivity contribution in [3.05, 3.63) is 0 Å². The fourth-order valence-electron chi connectivity index (χ4n) is 1.22. The summed E-state index contributed by atoms with van der Waals surface area (Å²) in [6.45, 7) is 4.31. The van der Waals surface area contributed by atoms with Crippen molar-refractivity contribution >= 4 is 22.4 Å². The summed E-state index contributed by atoms with van der Waals surface area (Å²) in [6, 6.07) is 0. The number of alkyl halides is 1. The lowest BCUT2D eigenvalue weighted by Gasteiger charge is -2.28. The van der Waals surface area contributed by atoms with E-state index in [-0.39, 0.29) is 5.41 Å². The molecule has 0 aliphatic heterocycles. The van der Waals surface area contributed by atoms with E-state index in [4.69, 9.17) is 11.6 Å². The fraction of sp³-hybridized carbons (Fsp3) is 1.00. The summed E-state index contributed by atoms with van der Waals surface area (Å²) in [5.74, 6) is 1.48. The molecule has 1 atom stereocenters. The third kappa shape index (κ3) is 3.90. The number of halogens is 1. The second-order valence-corrected chi connectivity index (χ2v) is 5.19. The summed E-state index contributed by atoms with van der Waals surface area (Å²) < 4.78 is 10.9. The first-order valence-electron chi connectivity index (χ1n) is 4.46. The van der Waals surface area contributed by atoms with Gasteiger partial charge in [-0.3, -0.25) is 4.21 Å². The molecule has 0 aliphatic rings. The molecule has 0 radical (unpaired) electrons. The lowest BCUT2D eigenvalue weighted by Crippen LogP contribution is -2.23. The molecule has 0 rings (SSSR count). The first-order chi connectivity index (χ1) is 5.60. The van der Waals surface area contributed by atoms with Gasteiger partial charge in [-0.1, -0.05) is 13.8 Å². The molecule has 0 amide bonds. The molecule has 74 valence electrons. The normalized spacial score (nSPS) is 14.7. The van der Waals surface area contributed by atoms with E-state index in [1.54, 1.807) is 6.26 Å². The first-order valence-corrected chi connectivity index (χ1v) is 6.72.